The number of amides is 3. The van der Waals surface area contributed by atoms with E-state index in [0.29, 0.717) is 0 Å². The largest absolute Gasteiger partial charge is 0.349 e. The van der Waals surface area contributed by atoms with Gasteiger partial charge in [-0.1, -0.05) is 37.1 Å². The van der Waals surface area contributed by atoms with Gasteiger partial charge >= 0.3 is 0 Å². The van der Waals surface area contributed by atoms with Gasteiger partial charge in [-0.25, -0.2) is 0 Å². The van der Waals surface area contributed by atoms with Gasteiger partial charge in [0.25, 0.3) is 0 Å². The highest BCUT2D eigenvalue weighted by atomic mass is 16.2. The zero-order chi connectivity index (χ0) is 18.1. The molecular formula is C21H26N2O3. The fourth-order valence-electron chi connectivity index (χ4n) is 4.84. The van der Waals surface area contributed by atoms with Gasteiger partial charge in [-0.3, -0.25) is 19.3 Å². The lowest BCUT2D eigenvalue weighted by atomic mass is 9.81. The number of fused-ring (bicyclic) bond motifs is 2. The Kier molecular flexibility index (Phi) is 4.79. The van der Waals surface area contributed by atoms with E-state index in [1.807, 2.05) is 12.1 Å². The van der Waals surface area contributed by atoms with Crippen LogP contribution in [0.2, 0.25) is 0 Å². The standard InChI is InChI=1S/C21H26N2O3/c24-19(22-18-11-5-7-14-6-1-2-8-15(14)18)12-13-23-20(25)16-9-3-4-10-17(16)21(23)26/h1-2,6,8,16-18H,3-5,7,9-13H2,(H,22,24). The first kappa shape index (κ1) is 17.3. The molecule has 1 saturated heterocycles. The molecule has 0 bridgehead atoms. The van der Waals surface area contributed by atoms with Gasteiger partial charge in [0.1, 0.15) is 0 Å². The first-order valence-electron chi connectivity index (χ1n) is 9.87. The molecule has 1 heterocycles. The summed E-state index contributed by atoms with van der Waals surface area (Å²) in [6.07, 6.45) is 6.93. The van der Waals surface area contributed by atoms with E-state index in [0.717, 1.165) is 44.9 Å². The predicted octanol–water partition coefficient (Wildman–Crippen LogP) is 2.75. The lowest BCUT2D eigenvalue weighted by molar-refractivity contribution is -0.140. The van der Waals surface area contributed by atoms with Crippen molar-refractivity contribution in [3.05, 3.63) is 35.4 Å². The van der Waals surface area contributed by atoms with Gasteiger partial charge in [0, 0.05) is 13.0 Å². The van der Waals surface area contributed by atoms with E-state index in [-0.39, 0.29) is 48.6 Å². The smallest absolute Gasteiger partial charge is 0.233 e. The van der Waals surface area contributed by atoms with Gasteiger partial charge in [-0.05, 0) is 43.2 Å². The maximum atomic E-state index is 12.5. The molecule has 3 unspecified atom stereocenters. The Balaban J connectivity index is 1.35. The molecule has 0 spiro atoms. The molecule has 1 aromatic rings. The van der Waals surface area contributed by atoms with Crippen molar-refractivity contribution >= 4 is 17.7 Å². The van der Waals surface area contributed by atoms with Crippen LogP contribution in [0.15, 0.2) is 24.3 Å². The number of hydrogen-bond acceptors (Lipinski definition) is 3. The highest BCUT2D eigenvalue weighted by Gasteiger charge is 2.47. The monoisotopic (exact) mass is 354 g/mol. The summed E-state index contributed by atoms with van der Waals surface area (Å²) >= 11 is 0. The van der Waals surface area contributed by atoms with Crippen LogP contribution in [0.4, 0.5) is 0 Å². The molecule has 1 aliphatic heterocycles. The number of benzene rings is 1. The minimum Gasteiger partial charge on any atom is -0.349 e. The van der Waals surface area contributed by atoms with Gasteiger partial charge in [-0.2, -0.15) is 0 Å². The van der Waals surface area contributed by atoms with Crippen LogP contribution in [-0.4, -0.2) is 29.2 Å². The molecule has 1 N–H and O–H groups in total. The molecule has 138 valence electrons. The van der Waals surface area contributed by atoms with Crippen LogP contribution in [0.5, 0.6) is 0 Å². The molecule has 3 amide bonds. The molecule has 5 heteroatoms. The van der Waals surface area contributed by atoms with E-state index in [1.165, 1.54) is 16.0 Å². The zero-order valence-corrected chi connectivity index (χ0v) is 15.1. The second kappa shape index (κ2) is 7.22. The Morgan fingerprint density at radius 2 is 1.69 bits per heavy atom. The average molecular weight is 354 g/mol. The number of imide groups is 1. The number of carbonyl (C=O) groups excluding carboxylic acids is 3. The second-order valence-corrected chi connectivity index (χ2v) is 7.79. The van der Waals surface area contributed by atoms with Crippen molar-refractivity contribution in [2.24, 2.45) is 11.8 Å². The Labute approximate surface area is 154 Å². The minimum absolute atomic E-state index is 0.0417. The fraction of sp³-hybridized carbons (Fsp3) is 0.571. The third-order valence-electron chi connectivity index (χ3n) is 6.20. The molecule has 0 radical (unpaired) electrons. The first-order valence-corrected chi connectivity index (χ1v) is 9.87. The Hall–Kier alpha value is -2.17. The van der Waals surface area contributed by atoms with Crippen LogP contribution >= 0.6 is 0 Å². The Bertz CT molecular complexity index is 706. The Morgan fingerprint density at radius 3 is 2.42 bits per heavy atom. The molecule has 1 aromatic carbocycles. The molecule has 26 heavy (non-hydrogen) atoms. The van der Waals surface area contributed by atoms with E-state index < -0.39 is 0 Å². The quantitative estimate of drug-likeness (QED) is 0.846. The molecule has 1 saturated carbocycles. The molecule has 2 fully saturated rings. The van der Waals surface area contributed by atoms with Crippen molar-refractivity contribution in [1.29, 1.82) is 0 Å². The van der Waals surface area contributed by atoms with Crippen LogP contribution in [-0.2, 0) is 20.8 Å². The maximum absolute atomic E-state index is 12.5. The van der Waals surface area contributed by atoms with E-state index >= 15 is 0 Å². The van der Waals surface area contributed by atoms with Crippen molar-refractivity contribution in [3.63, 3.8) is 0 Å². The summed E-state index contributed by atoms with van der Waals surface area (Å²) in [7, 11) is 0. The molecule has 3 atom stereocenters. The number of nitrogens with zero attached hydrogens (tertiary/aromatic N) is 1. The van der Waals surface area contributed by atoms with Crippen molar-refractivity contribution in [3.8, 4) is 0 Å². The normalized spacial score (nSPS) is 27.8. The van der Waals surface area contributed by atoms with Crippen LogP contribution in [0, 0.1) is 11.8 Å². The van der Waals surface area contributed by atoms with Gasteiger partial charge in [0.05, 0.1) is 17.9 Å². The van der Waals surface area contributed by atoms with Gasteiger partial charge in [0.2, 0.25) is 17.7 Å². The van der Waals surface area contributed by atoms with Crippen molar-refractivity contribution in [1.82, 2.24) is 10.2 Å². The molecule has 0 aromatic heterocycles. The van der Waals surface area contributed by atoms with Gasteiger partial charge in [-0.15, -0.1) is 0 Å². The van der Waals surface area contributed by atoms with Crippen LogP contribution in [0.25, 0.3) is 0 Å². The van der Waals surface area contributed by atoms with Crippen molar-refractivity contribution < 1.29 is 14.4 Å². The number of aryl methyl sites for hydroxylation is 1. The summed E-state index contributed by atoms with van der Waals surface area (Å²) in [4.78, 5) is 38.8. The van der Waals surface area contributed by atoms with Crippen LogP contribution in [0.3, 0.4) is 0 Å². The second-order valence-electron chi connectivity index (χ2n) is 7.79. The first-order chi connectivity index (χ1) is 12.6. The van der Waals surface area contributed by atoms with Crippen LogP contribution < -0.4 is 5.32 Å². The number of hydrogen-bond donors (Lipinski definition) is 1. The zero-order valence-electron chi connectivity index (χ0n) is 15.1. The van der Waals surface area contributed by atoms with Gasteiger partial charge in [0.15, 0.2) is 0 Å². The SMILES string of the molecule is O=C(CCN1C(=O)C2CCCCC2C1=O)NC1CCCc2ccccc21. The molecule has 4 rings (SSSR count). The summed E-state index contributed by atoms with van der Waals surface area (Å²) in [6.45, 7) is 0.213. The van der Waals surface area contributed by atoms with Crippen LogP contribution in [0.1, 0.15) is 62.1 Å². The summed E-state index contributed by atoms with van der Waals surface area (Å²) < 4.78 is 0. The predicted molar refractivity (Wildman–Crippen MR) is 97.0 cm³/mol. The fourth-order valence-corrected chi connectivity index (χ4v) is 4.84. The summed E-state index contributed by atoms with van der Waals surface area (Å²) in [5.74, 6) is -0.470. The number of likely N-dealkylation sites (tertiary alicyclic amines) is 1. The minimum atomic E-state index is -0.135. The summed E-state index contributed by atoms with van der Waals surface area (Å²) in [6, 6.07) is 8.29. The topological polar surface area (TPSA) is 66.5 Å². The highest BCUT2D eigenvalue weighted by molar-refractivity contribution is 6.05. The van der Waals surface area contributed by atoms with Crippen molar-refractivity contribution in [2.75, 3.05) is 6.54 Å². The third kappa shape index (κ3) is 3.15. The van der Waals surface area contributed by atoms with E-state index in [9.17, 15) is 14.4 Å². The molecule has 2 aliphatic carbocycles. The van der Waals surface area contributed by atoms with Crippen molar-refractivity contribution in [2.45, 2.75) is 57.4 Å². The summed E-state index contributed by atoms with van der Waals surface area (Å²) in [5, 5.41) is 3.10. The van der Waals surface area contributed by atoms with E-state index in [2.05, 4.69) is 17.4 Å². The lowest BCUT2D eigenvalue weighted by Crippen LogP contribution is -2.37. The lowest BCUT2D eigenvalue weighted by Gasteiger charge is -2.26. The van der Waals surface area contributed by atoms with E-state index in [4.69, 9.17) is 0 Å². The molecule has 3 aliphatic rings. The summed E-state index contributed by atoms with van der Waals surface area (Å²) in [5.41, 5.74) is 2.50. The molecular weight excluding hydrogens is 328 g/mol. The number of carbonyl (C=O) groups is 3. The maximum Gasteiger partial charge on any atom is 0.233 e. The highest BCUT2D eigenvalue weighted by Crippen LogP contribution is 2.38. The van der Waals surface area contributed by atoms with E-state index in [1.54, 1.807) is 0 Å². The number of nitrogens with one attached hydrogen (secondary N) is 1. The molecule has 5 nitrogen and oxygen atoms in total. The third-order valence-corrected chi connectivity index (χ3v) is 6.20. The average Bonchev–Trinajstić information content (AvgIpc) is 2.91. The Morgan fingerprint density at radius 1 is 1.00 bits per heavy atom. The number of rotatable bonds is 4. The van der Waals surface area contributed by atoms with Gasteiger partial charge < -0.3 is 5.32 Å².